The Morgan fingerprint density at radius 1 is 1.43 bits per heavy atom. The van der Waals surface area contributed by atoms with E-state index >= 15 is 0 Å². The number of carbonyl (C=O) groups excluding carboxylic acids is 2. The second kappa shape index (κ2) is 7.97. The Bertz CT molecular complexity index is 626. The average molecular weight is 334 g/mol. The molecule has 2 rings (SSSR count). The van der Waals surface area contributed by atoms with Crippen LogP contribution >= 0.6 is 11.6 Å². The monoisotopic (exact) mass is 333 g/mol. The van der Waals surface area contributed by atoms with Gasteiger partial charge < -0.3 is 9.64 Å². The Hall–Kier alpha value is -2.07. The number of likely N-dealkylation sites (tertiary alicyclic amines) is 1. The first-order valence-electron chi connectivity index (χ1n) is 7.50. The summed E-state index contributed by atoms with van der Waals surface area (Å²) in [5.41, 5.74) is 1.00. The summed E-state index contributed by atoms with van der Waals surface area (Å²) in [5.74, 6) is -0.436. The minimum atomic E-state index is -0.424. The van der Waals surface area contributed by atoms with Crippen molar-refractivity contribution in [3.63, 3.8) is 0 Å². The molecule has 0 bridgehead atoms. The largest absolute Gasteiger partial charge is 0.466 e. The maximum atomic E-state index is 12.5. The molecule has 0 unspecified atom stereocenters. The Balaban J connectivity index is 2.28. The van der Waals surface area contributed by atoms with Crippen molar-refractivity contribution in [2.45, 2.75) is 31.3 Å². The van der Waals surface area contributed by atoms with E-state index in [1.807, 2.05) is 29.2 Å². The first-order valence-corrected chi connectivity index (χ1v) is 7.88. The second-order valence-corrected chi connectivity index (χ2v) is 5.83. The van der Waals surface area contributed by atoms with Crippen LogP contribution in [0.1, 0.15) is 30.9 Å². The zero-order chi connectivity index (χ0) is 16.8. The van der Waals surface area contributed by atoms with Crippen LogP contribution in [0.25, 0.3) is 0 Å². The third-order valence-corrected chi connectivity index (χ3v) is 4.16. The summed E-state index contributed by atoms with van der Waals surface area (Å²) in [6, 6.07) is 7.36. The molecule has 1 aromatic carbocycles. The van der Waals surface area contributed by atoms with Gasteiger partial charge in [-0.05, 0) is 30.5 Å². The van der Waals surface area contributed by atoms with Gasteiger partial charge in [-0.3, -0.25) is 4.79 Å². The Morgan fingerprint density at radius 2 is 2.22 bits per heavy atom. The third kappa shape index (κ3) is 4.23. The quantitative estimate of drug-likeness (QED) is 0.469. The van der Waals surface area contributed by atoms with Crippen molar-refractivity contribution in [2.24, 2.45) is 0 Å². The number of rotatable bonds is 5. The number of amides is 1. The Labute approximate surface area is 141 Å². The molecule has 1 aromatic rings. The predicted octanol–water partition coefficient (Wildman–Crippen LogP) is 3.68. The number of nitrogens with zero attached hydrogens (tertiary/aromatic N) is 1. The normalized spacial score (nSPS) is 20.7. The van der Waals surface area contributed by atoms with Gasteiger partial charge in [-0.2, -0.15) is 0 Å². The van der Waals surface area contributed by atoms with E-state index in [1.165, 1.54) is 13.2 Å². The molecular weight excluding hydrogens is 314 g/mol. The fourth-order valence-corrected chi connectivity index (χ4v) is 3.11. The van der Waals surface area contributed by atoms with Gasteiger partial charge in [0.25, 0.3) is 0 Å². The molecule has 0 N–H and O–H groups in total. The first-order chi connectivity index (χ1) is 11.1. The highest BCUT2D eigenvalue weighted by Gasteiger charge is 2.35. The maximum Gasteiger partial charge on any atom is 0.330 e. The summed E-state index contributed by atoms with van der Waals surface area (Å²) < 4.78 is 4.62. The van der Waals surface area contributed by atoms with Crippen LogP contribution in [0.2, 0.25) is 5.02 Å². The number of methoxy groups -OCH3 is 1. The summed E-state index contributed by atoms with van der Waals surface area (Å²) in [5, 5.41) is 0.646. The smallest absolute Gasteiger partial charge is 0.330 e. The molecule has 0 aromatic heterocycles. The molecule has 1 fully saturated rings. The highest BCUT2D eigenvalue weighted by atomic mass is 35.5. The van der Waals surface area contributed by atoms with Crippen molar-refractivity contribution in [2.75, 3.05) is 7.11 Å². The van der Waals surface area contributed by atoms with E-state index in [2.05, 4.69) is 11.3 Å². The number of hydrogen-bond acceptors (Lipinski definition) is 3. The topological polar surface area (TPSA) is 46.6 Å². The molecule has 1 heterocycles. The van der Waals surface area contributed by atoms with E-state index in [0.717, 1.165) is 18.4 Å². The number of halogens is 1. The molecule has 1 saturated heterocycles. The van der Waals surface area contributed by atoms with Crippen LogP contribution < -0.4 is 0 Å². The van der Waals surface area contributed by atoms with Crippen molar-refractivity contribution in [1.29, 1.82) is 0 Å². The molecule has 1 aliphatic rings. The van der Waals surface area contributed by atoms with Gasteiger partial charge in [0.2, 0.25) is 5.91 Å². The number of ether oxygens (including phenoxy) is 1. The second-order valence-electron chi connectivity index (χ2n) is 5.39. The summed E-state index contributed by atoms with van der Waals surface area (Å²) in [6.07, 6.45) is 6.57. The Morgan fingerprint density at radius 3 is 2.87 bits per heavy atom. The summed E-state index contributed by atoms with van der Waals surface area (Å²) in [6.45, 7) is 3.64. The van der Waals surface area contributed by atoms with E-state index in [0.29, 0.717) is 5.02 Å². The van der Waals surface area contributed by atoms with Gasteiger partial charge in [-0.15, -0.1) is 6.58 Å². The molecule has 0 aliphatic carbocycles. The standard InChI is InChI=1S/C18H20ClNO3/c1-3-5-17(21)20-15(9-11-18(22)23-2)8-10-16(20)13-6-4-7-14(19)12-13/h3-4,6-7,9,11-12,15-16H,1,5,8,10H2,2H3/t15-,16+/m1/s1. The molecule has 4 nitrogen and oxygen atoms in total. The van der Waals surface area contributed by atoms with Crippen LogP contribution in [0.5, 0.6) is 0 Å². The minimum Gasteiger partial charge on any atom is -0.466 e. The van der Waals surface area contributed by atoms with Crippen LogP contribution in [0.4, 0.5) is 0 Å². The van der Waals surface area contributed by atoms with Gasteiger partial charge in [-0.25, -0.2) is 4.79 Å². The van der Waals surface area contributed by atoms with Crippen LogP contribution in [0, 0.1) is 0 Å². The van der Waals surface area contributed by atoms with Crippen LogP contribution in [0.3, 0.4) is 0 Å². The third-order valence-electron chi connectivity index (χ3n) is 3.92. The SMILES string of the molecule is C=CCC(=O)N1[C@@H](C=CC(=O)OC)CC[C@H]1c1cccc(Cl)c1. The van der Waals surface area contributed by atoms with Crippen LogP contribution in [0.15, 0.2) is 49.1 Å². The Kier molecular flexibility index (Phi) is 5.99. The lowest BCUT2D eigenvalue weighted by Crippen LogP contribution is -2.36. The van der Waals surface area contributed by atoms with E-state index in [1.54, 1.807) is 12.2 Å². The van der Waals surface area contributed by atoms with Crippen molar-refractivity contribution in [1.82, 2.24) is 4.90 Å². The van der Waals surface area contributed by atoms with Crippen molar-refractivity contribution in [3.05, 3.63) is 59.7 Å². The van der Waals surface area contributed by atoms with Gasteiger partial charge in [0, 0.05) is 17.5 Å². The summed E-state index contributed by atoms with van der Waals surface area (Å²) >= 11 is 6.07. The fraction of sp³-hybridized carbons (Fsp3) is 0.333. The molecule has 5 heteroatoms. The van der Waals surface area contributed by atoms with E-state index in [9.17, 15) is 9.59 Å². The number of hydrogen-bond donors (Lipinski definition) is 0. The van der Waals surface area contributed by atoms with Gasteiger partial charge in [0.05, 0.1) is 19.2 Å². The minimum absolute atomic E-state index is 0.0120. The fourth-order valence-electron chi connectivity index (χ4n) is 2.91. The van der Waals surface area contributed by atoms with Gasteiger partial charge in [0.1, 0.15) is 0 Å². The molecule has 2 atom stereocenters. The molecule has 0 radical (unpaired) electrons. The van der Waals surface area contributed by atoms with Gasteiger partial charge in [0.15, 0.2) is 0 Å². The number of esters is 1. The molecule has 23 heavy (non-hydrogen) atoms. The molecule has 122 valence electrons. The predicted molar refractivity (Wildman–Crippen MR) is 90.0 cm³/mol. The summed E-state index contributed by atoms with van der Waals surface area (Å²) in [4.78, 5) is 25.6. The molecular formula is C18H20ClNO3. The van der Waals surface area contributed by atoms with Gasteiger partial charge in [-0.1, -0.05) is 35.9 Å². The molecule has 0 saturated carbocycles. The van der Waals surface area contributed by atoms with E-state index in [4.69, 9.17) is 11.6 Å². The van der Waals surface area contributed by atoms with Crippen molar-refractivity contribution >= 4 is 23.5 Å². The zero-order valence-corrected chi connectivity index (χ0v) is 13.8. The lowest BCUT2D eigenvalue weighted by molar-refractivity contribution is -0.135. The summed E-state index contributed by atoms with van der Waals surface area (Å²) in [7, 11) is 1.33. The van der Waals surface area contributed by atoms with E-state index < -0.39 is 5.97 Å². The van der Waals surface area contributed by atoms with Crippen LogP contribution in [-0.2, 0) is 14.3 Å². The van der Waals surface area contributed by atoms with E-state index in [-0.39, 0.29) is 24.4 Å². The van der Waals surface area contributed by atoms with Crippen LogP contribution in [-0.4, -0.2) is 29.9 Å². The zero-order valence-electron chi connectivity index (χ0n) is 13.1. The molecule has 1 amide bonds. The average Bonchev–Trinajstić information content (AvgIpc) is 2.96. The first kappa shape index (κ1) is 17.3. The van der Waals surface area contributed by atoms with Gasteiger partial charge >= 0.3 is 5.97 Å². The lowest BCUT2D eigenvalue weighted by atomic mass is 10.0. The molecule has 1 aliphatic heterocycles. The van der Waals surface area contributed by atoms with Crippen molar-refractivity contribution in [3.8, 4) is 0 Å². The molecule has 0 spiro atoms. The lowest BCUT2D eigenvalue weighted by Gasteiger charge is -2.29. The highest BCUT2D eigenvalue weighted by Crippen LogP contribution is 2.38. The number of benzene rings is 1. The number of carbonyl (C=O) groups is 2. The van der Waals surface area contributed by atoms with Crippen molar-refractivity contribution < 1.29 is 14.3 Å². The highest BCUT2D eigenvalue weighted by molar-refractivity contribution is 6.30. The maximum absolute atomic E-state index is 12.5.